The van der Waals surface area contributed by atoms with Gasteiger partial charge in [-0.2, -0.15) is 0 Å². The molecule has 74 valence electrons. The molecule has 4 heteroatoms. The van der Waals surface area contributed by atoms with E-state index >= 15 is 0 Å². The van der Waals surface area contributed by atoms with Gasteiger partial charge in [-0.3, -0.25) is 0 Å². The summed E-state index contributed by atoms with van der Waals surface area (Å²) in [4.78, 5) is 11.0. The first-order chi connectivity index (χ1) is 6.61. The molecule has 0 N–H and O–H groups in total. The molecule has 0 aliphatic heterocycles. The van der Waals surface area contributed by atoms with Crippen molar-refractivity contribution in [3.63, 3.8) is 0 Å². The molecule has 1 aliphatic carbocycles. The molecule has 2 rings (SSSR count). The third-order valence-electron chi connectivity index (χ3n) is 2.80. The molecule has 0 saturated heterocycles. The standard InChI is InChI=1S/C11H11ClO2.Na/c1-6-9(12)5-7-3-2-4-8(7)10(6)11(13)14;/h5H,2-4H2,1H3,(H,13,14);/q;+1/p-1. The summed E-state index contributed by atoms with van der Waals surface area (Å²) in [6.45, 7) is 1.73. The van der Waals surface area contributed by atoms with Crippen LogP contribution in [0.15, 0.2) is 6.07 Å². The van der Waals surface area contributed by atoms with Crippen molar-refractivity contribution in [3.8, 4) is 0 Å². The van der Waals surface area contributed by atoms with Crippen LogP contribution >= 0.6 is 11.6 Å². The molecule has 0 bridgehead atoms. The Kier molecular flexibility index (Phi) is 4.24. The number of halogens is 1. The van der Waals surface area contributed by atoms with Crippen molar-refractivity contribution < 1.29 is 39.5 Å². The van der Waals surface area contributed by atoms with Crippen LogP contribution in [0.2, 0.25) is 5.02 Å². The van der Waals surface area contributed by atoms with Gasteiger partial charge in [0, 0.05) is 10.6 Å². The van der Waals surface area contributed by atoms with Crippen LogP contribution in [0, 0.1) is 6.92 Å². The van der Waals surface area contributed by atoms with Crippen LogP contribution in [-0.2, 0) is 12.8 Å². The zero-order chi connectivity index (χ0) is 10.3. The van der Waals surface area contributed by atoms with E-state index in [1.807, 2.05) is 6.07 Å². The van der Waals surface area contributed by atoms with Gasteiger partial charge in [-0.15, -0.1) is 0 Å². The largest absolute Gasteiger partial charge is 1.00 e. The van der Waals surface area contributed by atoms with E-state index in [4.69, 9.17) is 11.6 Å². The normalized spacial score (nSPS) is 13.2. The van der Waals surface area contributed by atoms with Crippen molar-refractivity contribution in [2.24, 2.45) is 0 Å². The van der Waals surface area contributed by atoms with E-state index in [0.29, 0.717) is 16.1 Å². The minimum Gasteiger partial charge on any atom is -0.545 e. The smallest absolute Gasteiger partial charge is 0.545 e. The fourth-order valence-corrected chi connectivity index (χ4v) is 2.32. The predicted molar refractivity (Wildman–Crippen MR) is 52.5 cm³/mol. The van der Waals surface area contributed by atoms with Gasteiger partial charge in [0.15, 0.2) is 0 Å². The van der Waals surface area contributed by atoms with Gasteiger partial charge in [0.25, 0.3) is 0 Å². The van der Waals surface area contributed by atoms with Crippen molar-refractivity contribution in [1.29, 1.82) is 0 Å². The third kappa shape index (κ3) is 2.23. The third-order valence-corrected chi connectivity index (χ3v) is 3.19. The van der Waals surface area contributed by atoms with Crippen LogP contribution < -0.4 is 34.7 Å². The summed E-state index contributed by atoms with van der Waals surface area (Å²) in [5, 5.41) is 11.5. The maximum absolute atomic E-state index is 11.0. The molecule has 15 heavy (non-hydrogen) atoms. The van der Waals surface area contributed by atoms with Gasteiger partial charge in [-0.1, -0.05) is 11.6 Å². The Labute approximate surface area is 116 Å². The first kappa shape index (κ1) is 13.0. The number of carboxylic acid groups (broad SMARTS) is 1. The molecule has 1 aromatic carbocycles. The maximum Gasteiger partial charge on any atom is 1.00 e. The van der Waals surface area contributed by atoms with E-state index in [2.05, 4.69) is 0 Å². The average Bonchev–Trinajstić information content (AvgIpc) is 2.52. The van der Waals surface area contributed by atoms with Crippen molar-refractivity contribution >= 4 is 17.6 Å². The summed E-state index contributed by atoms with van der Waals surface area (Å²) in [7, 11) is 0. The van der Waals surface area contributed by atoms with Crippen LogP contribution in [0.3, 0.4) is 0 Å². The van der Waals surface area contributed by atoms with Gasteiger partial charge in [-0.25, -0.2) is 0 Å². The molecule has 2 nitrogen and oxygen atoms in total. The second-order valence-electron chi connectivity index (χ2n) is 3.64. The van der Waals surface area contributed by atoms with Crippen LogP contribution in [0.5, 0.6) is 0 Å². The van der Waals surface area contributed by atoms with Gasteiger partial charge in [0.05, 0.1) is 5.97 Å². The zero-order valence-electron chi connectivity index (χ0n) is 8.89. The molecule has 0 spiro atoms. The number of carbonyl (C=O) groups is 1. The van der Waals surface area contributed by atoms with Gasteiger partial charge in [-0.05, 0) is 48.9 Å². The first-order valence-corrected chi connectivity index (χ1v) is 5.01. The van der Waals surface area contributed by atoms with Gasteiger partial charge in [0.2, 0.25) is 0 Å². The van der Waals surface area contributed by atoms with Crippen LogP contribution in [0.4, 0.5) is 0 Å². The molecular formula is C11H10ClNaO2. The Balaban J connectivity index is 0.00000112. The molecule has 0 amide bonds. The zero-order valence-corrected chi connectivity index (χ0v) is 11.6. The fourth-order valence-electron chi connectivity index (χ4n) is 2.10. The summed E-state index contributed by atoms with van der Waals surface area (Å²) in [6, 6.07) is 1.88. The summed E-state index contributed by atoms with van der Waals surface area (Å²) in [5.41, 5.74) is 2.93. The monoisotopic (exact) mass is 232 g/mol. The van der Waals surface area contributed by atoms with Crippen LogP contribution in [-0.4, -0.2) is 5.97 Å². The van der Waals surface area contributed by atoms with E-state index in [0.717, 1.165) is 30.4 Å². The summed E-state index contributed by atoms with van der Waals surface area (Å²) < 4.78 is 0. The maximum atomic E-state index is 11.0. The summed E-state index contributed by atoms with van der Waals surface area (Å²) in [6.07, 6.45) is 2.77. The number of rotatable bonds is 1. The number of aryl methyl sites for hydroxylation is 1. The Hall–Kier alpha value is -0.0200. The Morgan fingerprint density at radius 3 is 2.73 bits per heavy atom. The Morgan fingerprint density at radius 1 is 1.47 bits per heavy atom. The number of aromatic carboxylic acids is 1. The molecule has 0 aromatic heterocycles. The second kappa shape index (κ2) is 4.88. The molecule has 0 heterocycles. The number of benzene rings is 1. The topological polar surface area (TPSA) is 40.1 Å². The molecule has 0 fully saturated rings. The van der Waals surface area contributed by atoms with Crippen LogP contribution in [0.1, 0.15) is 33.5 Å². The number of hydrogen-bond donors (Lipinski definition) is 0. The van der Waals surface area contributed by atoms with E-state index in [1.165, 1.54) is 0 Å². The number of fused-ring (bicyclic) bond motifs is 1. The number of carboxylic acids is 1. The molecule has 1 aliphatic rings. The van der Waals surface area contributed by atoms with Crippen LogP contribution in [0.25, 0.3) is 0 Å². The summed E-state index contributed by atoms with van der Waals surface area (Å²) in [5.74, 6) is -1.11. The number of hydrogen-bond acceptors (Lipinski definition) is 2. The molecule has 1 aromatic rings. The number of carbonyl (C=O) groups excluding carboxylic acids is 1. The predicted octanol–water partition coefficient (Wildman–Crippen LogP) is -1.50. The Morgan fingerprint density at radius 2 is 2.13 bits per heavy atom. The van der Waals surface area contributed by atoms with Crippen molar-refractivity contribution in [1.82, 2.24) is 0 Å². The van der Waals surface area contributed by atoms with Gasteiger partial charge in [0.1, 0.15) is 0 Å². The summed E-state index contributed by atoms with van der Waals surface area (Å²) >= 11 is 5.95. The minimum atomic E-state index is -1.11. The fraction of sp³-hybridized carbons (Fsp3) is 0.364. The molecule has 0 unspecified atom stereocenters. The van der Waals surface area contributed by atoms with Gasteiger partial charge >= 0.3 is 29.6 Å². The van der Waals surface area contributed by atoms with E-state index in [9.17, 15) is 9.90 Å². The molecule has 0 atom stereocenters. The second-order valence-corrected chi connectivity index (χ2v) is 4.04. The van der Waals surface area contributed by atoms with Crippen molar-refractivity contribution in [2.45, 2.75) is 26.2 Å². The molecular weight excluding hydrogens is 223 g/mol. The SMILES string of the molecule is Cc1c(Cl)cc2c(c1C(=O)[O-])CCC2.[Na+]. The van der Waals surface area contributed by atoms with E-state index in [1.54, 1.807) is 6.92 Å². The van der Waals surface area contributed by atoms with E-state index < -0.39 is 5.97 Å². The first-order valence-electron chi connectivity index (χ1n) is 4.63. The quantitative estimate of drug-likeness (QED) is 0.554. The Bertz CT molecular complexity index is 416. The van der Waals surface area contributed by atoms with Crippen molar-refractivity contribution in [2.75, 3.05) is 0 Å². The molecule has 0 radical (unpaired) electrons. The van der Waals surface area contributed by atoms with Gasteiger partial charge < -0.3 is 9.90 Å². The van der Waals surface area contributed by atoms with Crippen molar-refractivity contribution in [3.05, 3.63) is 33.3 Å². The van der Waals surface area contributed by atoms with E-state index in [-0.39, 0.29) is 29.6 Å². The minimum absolute atomic E-state index is 0. The average molecular weight is 233 g/mol. The molecule has 0 saturated carbocycles.